The van der Waals surface area contributed by atoms with Crippen LogP contribution in [0.4, 0.5) is 5.82 Å². The molecule has 0 bridgehead atoms. The average molecular weight is 698 g/mol. The maximum absolute atomic E-state index is 12.9. The van der Waals surface area contributed by atoms with E-state index in [1.165, 1.54) is 12.1 Å². The van der Waals surface area contributed by atoms with Crippen LogP contribution in [-0.4, -0.2) is 85.8 Å². The number of rotatable bonds is 13. The van der Waals surface area contributed by atoms with Crippen molar-refractivity contribution < 1.29 is 27.4 Å². The third kappa shape index (κ3) is 8.22. The molecule has 1 unspecified atom stereocenters. The maximum atomic E-state index is 12.9. The number of nitrogens with one attached hydrogen (secondary N) is 1. The van der Waals surface area contributed by atoms with Crippen LogP contribution < -0.4 is 24.7 Å². The van der Waals surface area contributed by atoms with Crippen LogP contribution in [0.3, 0.4) is 0 Å². The highest BCUT2D eigenvalue weighted by Gasteiger charge is 2.28. The molecule has 1 aliphatic rings. The fourth-order valence-corrected chi connectivity index (χ4v) is 6.28. The number of carbonyl (C=O) groups excluding carboxylic acids is 1. The van der Waals surface area contributed by atoms with E-state index in [0.29, 0.717) is 61.0 Å². The van der Waals surface area contributed by atoms with Gasteiger partial charge in [-0.15, -0.1) is 0 Å². The molecule has 0 spiro atoms. The first-order valence-corrected chi connectivity index (χ1v) is 17.5. The van der Waals surface area contributed by atoms with Crippen LogP contribution >= 0.6 is 0 Å². The first-order chi connectivity index (χ1) is 24.1. The number of benzene rings is 3. The smallest absolute Gasteiger partial charge is 0.246 e. The molecule has 5 aromatic rings. The second-order valence-electron chi connectivity index (χ2n) is 12.1. The van der Waals surface area contributed by atoms with Crippen molar-refractivity contribution in [2.24, 2.45) is 5.14 Å². The second kappa shape index (κ2) is 15.0. The molecule has 1 atom stereocenters. The molecule has 3 aromatic carbocycles. The van der Waals surface area contributed by atoms with Crippen LogP contribution in [0.5, 0.6) is 28.7 Å². The van der Waals surface area contributed by atoms with Crippen molar-refractivity contribution in [3.8, 4) is 28.7 Å². The number of fused-ring (bicyclic) bond motifs is 1. The number of amides is 1. The van der Waals surface area contributed by atoms with E-state index in [0.717, 1.165) is 11.3 Å². The highest BCUT2D eigenvalue weighted by molar-refractivity contribution is 7.89. The van der Waals surface area contributed by atoms with Gasteiger partial charge in [-0.2, -0.15) is 5.10 Å². The molecule has 3 heterocycles. The summed E-state index contributed by atoms with van der Waals surface area (Å²) < 4.78 is 44.9. The third-order valence-corrected chi connectivity index (χ3v) is 9.01. The Morgan fingerprint density at radius 2 is 1.76 bits per heavy atom. The maximum Gasteiger partial charge on any atom is 0.246 e. The average Bonchev–Trinajstić information content (AvgIpc) is 3.71. The standard InChI is InChI=1S/C36H39N7O6S/c1-41(2)20-7-10-33(44)42-21-18-26(24-42)39-35-34-31(17-19-38-36(34)43(40-35)23-25-11-13-27(47-3)14-12-25)49-30-16-15-29(22-32(30)50(37,45)46)48-28-8-5-4-6-9-28/h4-17,19,22,26H,18,20-21,23-24H2,1-3H3,(H,39,40)(H2,37,45,46)/b10-7+. The molecule has 260 valence electrons. The van der Waals surface area contributed by atoms with Crippen LogP contribution in [-0.2, 0) is 21.4 Å². The van der Waals surface area contributed by atoms with Gasteiger partial charge in [0.15, 0.2) is 11.5 Å². The lowest BCUT2D eigenvalue weighted by atomic mass is 10.2. The van der Waals surface area contributed by atoms with Gasteiger partial charge in [-0.25, -0.2) is 23.2 Å². The van der Waals surface area contributed by atoms with Crippen molar-refractivity contribution in [2.45, 2.75) is 23.9 Å². The number of pyridine rings is 1. The minimum Gasteiger partial charge on any atom is -0.497 e. The minimum atomic E-state index is -4.23. The minimum absolute atomic E-state index is 0.0106. The van der Waals surface area contributed by atoms with Crippen molar-refractivity contribution in [1.82, 2.24) is 24.6 Å². The number of nitrogens with two attached hydrogens (primary N) is 1. The molecule has 14 heteroatoms. The van der Waals surface area contributed by atoms with Crippen LogP contribution in [0.2, 0.25) is 0 Å². The highest BCUT2D eigenvalue weighted by Crippen LogP contribution is 2.38. The Labute approximate surface area is 290 Å². The lowest BCUT2D eigenvalue weighted by molar-refractivity contribution is -0.125. The topological polar surface area (TPSA) is 154 Å². The Bertz CT molecular complexity index is 2100. The van der Waals surface area contributed by atoms with E-state index < -0.39 is 10.0 Å². The molecule has 0 radical (unpaired) electrons. The van der Waals surface area contributed by atoms with Crippen LogP contribution in [0, 0.1) is 0 Å². The summed E-state index contributed by atoms with van der Waals surface area (Å²) in [6.45, 7) is 2.13. The van der Waals surface area contributed by atoms with E-state index in [-0.39, 0.29) is 28.3 Å². The third-order valence-electron chi connectivity index (χ3n) is 8.08. The zero-order chi connectivity index (χ0) is 35.3. The first kappa shape index (κ1) is 34.4. The van der Waals surface area contributed by atoms with Gasteiger partial charge in [0.1, 0.15) is 39.0 Å². The summed E-state index contributed by atoms with van der Waals surface area (Å²) in [4.78, 5) is 21.0. The number of anilines is 1. The van der Waals surface area contributed by atoms with Crippen molar-refractivity contribution in [3.05, 3.63) is 103 Å². The number of ether oxygens (including phenoxy) is 3. The van der Waals surface area contributed by atoms with E-state index >= 15 is 0 Å². The SMILES string of the molecule is COc1ccc(Cn2nc(NC3CCN(C(=O)/C=C/CN(C)C)C3)c3c(Oc4ccc(Oc5ccccc5)cc4S(N)(=O)=O)ccnc32)cc1. The summed E-state index contributed by atoms with van der Waals surface area (Å²) in [5, 5.41) is 14.6. The first-order valence-electron chi connectivity index (χ1n) is 16.0. The van der Waals surface area contributed by atoms with Gasteiger partial charge in [-0.05, 0) is 62.5 Å². The molecular formula is C36H39N7O6S. The van der Waals surface area contributed by atoms with Crippen LogP contribution in [0.1, 0.15) is 12.0 Å². The number of likely N-dealkylation sites (N-methyl/N-ethyl adjacent to an activating group) is 1. The lowest BCUT2D eigenvalue weighted by Gasteiger charge is -2.16. The largest absolute Gasteiger partial charge is 0.497 e. The fourth-order valence-electron chi connectivity index (χ4n) is 5.61. The number of methoxy groups -OCH3 is 1. The number of carbonyl (C=O) groups is 1. The number of hydrogen-bond acceptors (Lipinski definition) is 10. The van der Waals surface area contributed by atoms with Gasteiger partial charge in [0.2, 0.25) is 15.9 Å². The summed E-state index contributed by atoms with van der Waals surface area (Å²) in [5.41, 5.74) is 1.47. The lowest BCUT2D eigenvalue weighted by Crippen LogP contribution is -2.30. The van der Waals surface area contributed by atoms with Gasteiger partial charge >= 0.3 is 0 Å². The Hall–Kier alpha value is -5.44. The Balaban J connectivity index is 1.34. The van der Waals surface area contributed by atoms with Gasteiger partial charge < -0.3 is 29.3 Å². The van der Waals surface area contributed by atoms with Crippen molar-refractivity contribution >= 4 is 32.8 Å². The number of hydrogen-bond donors (Lipinski definition) is 2. The Morgan fingerprint density at radius 1 is 1.00 bits per heavy atom. The molecule has 50 heavy (non-hydrogen) atoms. The fraction of sp³-hybridized carbons (Fsp3) is 0.250. The molecule has 2 aromatic heterocycles. The quantitative estimate of drug-likeness (QED) is 0.163. The normalized spacial score (nSPS) is 14.8. The number of primary sulfonamides is 1. The number of para-hydroxylation sites is 1. The Kier molecular flexibility index (Phi) is 10.3. The summed E-state index contributed by atoms with van der Waals surface area (Å²) in [7, 11) is 1.27. The summed E-state index contributed by atoms with van der Waals surface area (Å²) in [6.07, 6.45) is 5.74. The summed E-state index contributed by atoms with van der Waals surface area (Å²) in [5.74, 6) is 2.31. The molecule has 6 rings (SSSR count). The van der Waals surface area contributed by atoms with Gasteiger partial charge in [-0.3, -0.25) is 4.79 Å². The summed E-state index contributed by atoms with van der Waals surface area (Å²) in [6, 6.07) is 22.6. The molecular weight excluding hydrogens is 659 g/mol. The molecule has 1 aliphatic heterocycles. The molecule has 1 amide bonds. The molecule has 1 fully saturated rings. The van der Waals surface area contributed by atoms with Crippen molar-refractivity contribution in [3.63, 3.8) is 0 Å². The molecule has 1 saturated heterocycles. The summed E-state index contributed by atoms with van der Waals surface area (Å²) >= 11 is 0. The predicted molar refractivity (Wildman–Crippen MR) is 190 cm³/mol. The number of aromatic nitrogens is 3. The van der Waals surface area contributed by atoms with E-state index in [1.807, 2.05) is 67.5 Å². The van der Waals surface area contributed by atoms with Crippen LogP contribution in [0.25, 0.3) is 11.0 Å². The van der Waals surface area contributed by atoms with E-state index in [1.54, 1.807) is 53.2 Å². The monoisotopic (exact) mass is 697 g/mol. The highest BCUT2D eigenvalue weighted by atomic mass is 32.2. The van der Waals surface area contributed by atoms with E-state index in [2.05, 4.69) is 10.3 Å². The molecule has 0 saturated carbocycles. The zero-order valence-corrected chi connectivity index (χ0v) is 28.8. The number of nitrogens with zero attached hydrogens (tertiary/aromatic N) is 5. The second-order valence-corrected chi connectivity index (χ2v) is 13.6. The van der Waals surface area contributed by atoms with E-state index in [9.17, 15) is 13.2 Å². The number of sulfonamides is 1. The van der Waals surface area contributed by atoms with Crippen molar-refractivity contribution in [1.29, 1.82) is 0 Å². The molecule has 3 N–H and O–H groups in total. The van der Waals surface area contributed by atoms with Gasteiger partial charge in [-0.1, -0.05) is 36.4 Å². The van der Waals surface area contributed by atoms with Crippen molar-refractivity contribution in [2.75, 3.05) is 46.2 Å². The number of likely N-dealkylation sites (tertiary alicyclic amines) is 1. The van der Waals surface area contributed by atoms with E-state index in [4.69, 9.17) is 24.4 Å². The Morgan fingerprint density at radius 3 is 2.48 bits per heavy atom. The molecule has 0 aliphatic carbocycles. The molecule has 13 nitrogen and oxygen atoms in total. The predicted octanol–water partition coefficient (Wildman–Crippen LogP) is 4.85. The van der Waals surface area contributed by atoms with Gasteiger partial charge in [0.25, 0.3) is 0 Å². The van der Waals surface area contributed by atoms with Gasteiger partial charge in [0.05, 0.1) is 13.7 Å². The zero-order valence-electron chi connectivity index (χ0n) is 28.0. The van der Waals surface area contributed by atoms with Crippen LogP contribution in [0.15, 0.2) is 102 Å². The van der Waals surface area contributed by atoms with Gasteiger partial charge in [0, 0.05) is 50.1 Å².